The number of carbonyl (C=O) groups excluding carboxylic acids is 2. The van der Waals surface area contributed by atoms with Crippen molar-refractivity contribution in [2.24, 2.45) is 5.92 Å². The van der Waals surface area contributed by atoms with Gasteiger partial charge in [-0.3, -0.25) is 14.4 Å². The number of hydrogen-bond acceptors (Lipinski definition) is 4. The maximum atomic E-state index is 13.7. The van der Waals surface area contributed by atoms with E-state index in [9.17, 15) is 14.4 Å². The quantitative estimate of drug-likeness (QED) is 0.198. The molecule has 1 aliphatic rings. The van der Waals surface area contributed by atoms with Crippen LogP contribution in [-0.2, 0) is 4.79 Å². The van der Waals surface area contributed by atoms with Crippen molar-refractivity contribution >= 4 is 57.2 Å². The maximum absolute atomic E-state index is 13.7. The number of fused-ring (bicyclic) bond motifs is 1. The third-order valence-corrected chi connectivity index (χ3v) is 8.11. The first-order chi connectivity index (χ1) is 20.4. The number of piperidine rings is 1. The summed E-state index contributed by atoms with van der Waals surface area (Å²) in [6.45, 7) is 0.966. The summed E-state index contributed by atoms with van der Waals surface area (Å²) < 4.78 is 0. The van der Waals surface area contributed by atoms with Gasteiger partial charge in [-0.05, 0) is 54.8 Å². The Hall–Kier alpha value is -4.39. The summed E-state index contributed by atoms with van der Waals surface area (Å²) >= 11 is 12.6. The summed E-state index contributed by atoms with van der Waals surface area (Å²) in [5.41, 5.74) is 3.88. The zero-order chi connectivity index (χ0) is 29.2. The predicted molar refractivity (Wildman–Crippen MR) is 170 cm³/mol. The van der Waals surface area contributed by atoms with Crippen LogP contribution in [0.4, 0.5) is 11.4 Å². The second kappa shape index (κ2) is 11.8. The number of anilines is 2. The Bertz CT molecular complexity index is 1860. The largest absolute Gasteiger partial charge is 0.366 e. The predicted octanol–water partition coefficient (Wildman–Crippen LogP) is 7.59. The SMILES string of the molecule is O=C(c1ccccc1)c1cc(Cl)ccc1NC(=O)C1CCCN(c2c(-c3ccccc3)c3cc(Cl)ccc3[nH]c2=O)C1. The molecule has 1 amide bonds. The van der Waals surface area contributed by atoms with Crippen LogP contribution in [-0.4, -0.2) is 29.8 Å². The molecule has 2 N–H and O–H groups in total. The third kappa shape index (κ3) is 5.56. The van der Waals surface area contributed by atoms with Crippen LogP contribution in [0.3, 0.4) is 0 Å². The number of benzene rings is 4. The van der Waals surface area contributed by atoms with Gasteiger partial charge in [0.05, 0.1) is 11.6 Å². The van der Waals surface area contributed by atoms with Crippen molar-refractivity contribution in [2.75, 3.05) is 23.3 Å². The number of aromatic amines is 1. The zero-order valence-electron chi connectivity index (χ0n) is 22.6. The average Bonchev–Trinajstić information content (AvgIpc) is 3.02. The number of carbonyl (C=O) groups is 2. The number of nitrogens with one attached hydrogen (secondary N) is 2. The van der Waals surface area contributed by atoms with Gasteiger partial charge in [0.25, 0.3) is 5.56 Å². The maximum Gasteiger partial charge on any atom is 0.272 e. The molecule has 210 valence electrons. The highest BCUT2D eigenvalue weighted by atomic mass is 35.5. The highest BCUT2D eigenvalue weighted by Gasteiger charge is 2.30. The highest BCUT2D eigenvalue weighted by molar-refractivity contribution is 6.32. The molecule has 0 radical (unpaired) electrons. The van der Waals surface area contributed by atoms with Gasteiger partial charge >= 0.3 is 0 Å². The van der Waals surface area contributed by atoms with Crippen molar-refractivity contribution in [2.45, 2.75) is 12.8 Å². The Balaban J connectivity index is 1.33. The molecule has 8 heteroatoms. The highest BCUT2D eigenvalue weighted by Crippen LogP contribution is 2.37. The van der Waals surface area contributed by atoms with Crippen LogP contribution in [0, 0.1) is 5.92 Å². The standard InChI is InChI=1S/C34H27Cl2N3O3/c35-24-13-15-28-26(18-24)30(21-8-3-1-4-9-21)31(34(42)38-28)39-17-7-12-23(20-39)33(41)37-29-16-14-25(36)19-27(29)32(40)22-10-5-2-6-11-22/h1-6,8-11,13-16,18-19,23H,7,12,17,20H2,(H,37,41)(H,38,42). The lowest BCUT2D eigenvalue weighted by molar-refractivity contribution is -0.120. The van der Waals surface area contributed by atoms with Gasteiger partial charge < -0.3 is 15.2 Å². The Morgan fingerprint density at radius 3 is 2.31 bits per heavy atom. The first-order valence-electron chi connectivity index (χ1n) is 13.7. The van der Waals surface area contributed by atoms with Crippen LogP contribution >= 0.6 is 23.2 Å². The van der Waals surface area contributed by atoms with E-state index in [4.69, 9.17) is 23.2 Å². The van der Waals surface area contributed by atoms with Crippen molar-refractivity contribution in [1.29, 1.82) is 0 Å². The van der Waals surface area contributed by atoms with E-state index in [1.807, 2.05) is 53.4 Å². The molecule has 1 atom stereocenters. The summed E-state index contributed by atoms with van der Waals surface area (Å²) in [5, 5.41) is 4.78. The minimum atomic E-state index is -0.410. The Morgan fingerprint density at radius 2 is 1.55 bits per heavy atom. The first kappa shape index (κ1) is 27.8. The number of H-pyrrole nitrogens is 1. The number of nitrogens with zero attached hydrogens (tertiary/aromatic N) is 1. The molecule has 1 aromatic heterocycles. The zero-order valence-corrected chi connectivity index (χ0v) is 24.1. The summed E-state index contributed by atoms with van der Waals surface area (Å²) in [4.78, 5) is 45.5. The van der Waals surface area contributed by atoms with Crippen LogP contribution in [0.2, 0.25) is 10.0 Å². The van der Waals surface area contributed by atoms with E-state index in [0.717, 1.165) is 22.9 Å². The van der Waals surface area contributed by atoms with Gasteiger partial charge in [0.15, 0.2) is 5.78 Å². The second-order valence-electron chi connectivity index (χ2n) is 10.4. The first-order valence-corrected chi connectivity index (χ1v) is 14.5. The minimum Gasteiger partial charge on any atom is -0.366 e. The summed E-state index contributed by atoms with van der Waals surface area (Å²) in [7, 11) is 0. The van der Waals surface area contributed by atoms with Gasteiger partial charge in [-0.2, -0.15) is 0 Å². The molecule has 0 bridgehead atoms. The Labute approximate surface area is 252 Å². The molecule has 0 saturated carbocycles. The Kier molecular flexibility index (Phi) is 7.83. The molecule has 1 unspecified atom stereocenters. The van der Waals surface area contributed by atoms with Crippen LogP contribution in [0.1, 0.15) is 28.8 Å². The summed E-state index contributed by atoms with van der Waals surface area (Å²) in [5.74, 6) is -0.856. The van der Waals surface area contributed by atoms with E-state index in [1.54, 1.807) is 48.5 Å². The molecule has 1 fully saturated rings. The van der Waals surface area contributed by atoms with Crippen LogP contribution < -0.4 is 15.8 Å². The molecule has 0 spiro atoms. The lowest BCUT2D eigenvalue weighted by Gasteiger charge is -2.34. The van der Waals surface area contributed by atoms with Gasteiger partial charge in [-0.1, -0.05) is 83.9 Å². The number of pyridine rings is 1. The van der Waals surface area contributed by atoms with E-state index in [0.29, 0.717) is 57.6 Å². The van der Waals surface area contributed by atoms with E-state index in [1.165, 1.54) is 0 Å². The van der Waals surface area contributed by atoms with Crippen LogP contribution in [0.15, 0.2) is 102 Å². The molecule has 6 rings (SSSR count). The topological polar surface area (TPSA) is 82.3 Å². The van der Waals surface area contributed by atoms with Gasteiger partial charge in [0.2, 0.25) is 5.91 Å². The molecular weight excluding hydrogens is 569 g/mol. The normalized spacial score (nSPS) is 15.0. The number of halogens is 2. The van der Waals surface area contributed by atoms with Crippen LogP contribution in [0.5, 0.6) is 0 Å². The monoisotopic (exact) mass is 595 g/mol. The molecular formula is C34H27Cl2N3O3. The summed E-state index contributed by atoms with van der Waals surface area (Å²) in [6.07, 6.45) is 1.37. The lowest BCUT2D eigenvalue weighted by Crippen LogP contribution is -2.43. The van der Waals surface area contributed by atoms with E-state index in [2.05, 4.69) is 10.3 Å². The number of amides is 1. The molecule has 1 saturated heterocycles. The molecule has 5 aromatic rings. The number of ketones is 1. The van der Waals surface area contributed by atoms with Gasteiger partial charge in [0.1, 0.15) is 5.69 Å². The summed E-state index contributed by atoms with van der Waals surface area (Å²) in [6, 6.07) is 28.9. The fourth-order valence-corrected chi connectivity index (χ4v) is 5.99. The lowest BCUT2D eigenvalue weighted by atomic mass is 9.93. The molecule has 1 aliphatic heterocycles. The van der Waals surface area contributed by atoms with Crippen molar-refractivity contribution in [1.82, 2.24) is 4.98 Å². The Morgan fingerprint density at radius 1 is 0.857 bits per heavy atom. The molecule has 4 aromatic carbocycles. The molecule has 2 heterocycles. The second-order valence-corrected chi connectivity index (χ2v) is 11.3. The number of aromatic nitrogens is 1. The van der Waals surface area contributed by atoms with E-state index < -0.39 is 5.92 Å². The van der Waals surface area contributed by atoms with Crippen molar-refractivity contribution in [3.05, 3.63) is 129 Å². The van der Waals surface area contributed by atoms with E-state index >= 15 is 0 Å². The van der Waals surface area contributed by atoms with Crippen molar-refractivity contribution in [3.8, 4) is 11.1 Å². The fraction of sp³-hybridized carbons (Fsp3) is 0.147. The van der Waals surface area contributed by atoms with Gasteiger partial charge in [-0.25, -0.2) is 0 Å². The fourth-order valence-electron chi connectivity index (χ4n) is 5.64. The number of rotatable bonds is 6. The molecule has 6 nitrogen and oxygen atoms in total. The van der Waals surface area contributed by atoms with Crippen molar-refractivity contribution in [3.63, 3.8) is 0 Å². The molecule has 42 heavy (non-hydrogen) atoms. The smallest absolute Gasteiger partial charge is 0.272 e. The van der Waals surface area contributed by atoms with Crippen molar-refractivity contribution < 1.29 is 9.59 Å². The van der Waals surface area contributed by atoms with Gasteiger partial charge in [0, 0.05) is 50.7 Å². The molecule has 0 aliphatic carbocycles. The van der Waals surface area contributed by atoms with Gasteiger partial charge in [-0.15, -0.1) is 0 Å². The van der Waals surface area contributed by atoms with E-state index in [-0.39, 0.29) is 17.2 Å². The minimum absolute atomic E-state index is 0.217. The average molecular weight is 597 g/mol. The number of hydrogen-bond donors (Lipinski definition) is 2. The third-order valence-electron chi connectivity index (χ3n) is 7.64. The van der Waals surface area contributed by atoms with Crippen LogP contribution in [0.25, 0.3) is 22.0 Å².